The molecule has 0 radical (unpaired) electrons. The second-order valence-electron chi connectivity index (χ2n) is 4.57. The third-order valence-electron chi connectivity index (χ3n) is 2.79. The van der Waals surface area contributed by atoms with E-state index in [9.17, 15) is 5.11 Å². The highest BCUT2D eigenvalue weighted by molar-refractivity contribution is 5.14. The van der Waals surface area contributed by atoms with Crippen molar-refractivity contribution in [1.82, 2.24) is 0 Å². The highest BCUT2D eigenvalue weighted by Crippen LogP contribution is 2.39. The van der Waals surface area contributed by atoms with Gasteiger partial charge in [0.1, 0.15) is 5.60 Å². The zero-order valence-corrected chi connectivity index (χ0v) is 8.28. The van der Waals surface area contributed by atoms with Crippen LogP contribution in [0.3, 0.4) is 0 Å². The van der Waals surface area contributed by atoms with Gasteiger partial charge in [-0.1, -0.05) is 19.8 Å². The molecular formula is C11H18O. The molecule has 0 saturated heterocycles. The molecule has 0 bridgehead atoms. The van der Waals surface area contributed by atoms with Gasteiger partial charge in [-0.25, -0.2) is 0 Å². The fraction of sp³-hybridized carbons (Fsp3) is 0.818. The molecule has 68 valence electrons. The first-order valence-corrected chi connectivity index (χ1v) is 4.64. The lowest BCUT2D eigenvalue weighted by molar-refractivity contribution is 0.0230. The molecule has 1 nitrogen and oxygen atoms in total. The highest BCUT2D eigenvalue weighted by Gasteiger charge is 2.34. The third kappa shape index (κ3) is 2.25. The molecule has 0 spiro atoms. The molecule has 1 saturated carbocycles. The van der Waals surface area contributed by atoms with Crippen LogP contribution < -0.4 is 0 Å². The van der Waals surface area contributed by atoms with Crippen molar-refractivity contribution in [1.29, 1.82) is 0 Å². The Balaban J connectivity index is 2.59. The molecule has 1 aliphatic carbocycles. The van der Waals surface area contributed by atoms with Crippen LogP contribution in [0.15, 0.2) is 0 Å². The summed E-state index contributed by atoms with van der Waals surface area (Å²) in [6.45, 7) is 6.30. The monoisotopic (exact) mass is 166 g/mol. The second-order valence-corrected chi connectivity index (χ2v) is 4.57. The maximum absolute atomic E-state index is 9.93. The van der Waals surface area contributed by atoms with Gasteiger partial charge in [0.05, 0.1) is 0 Å². The molecule has 12 heavy (non-hydrogen) atoms. The first-order valence-electron chi connectivity index (χ1n) is 4.64. The Morgan fingerprint density at radius 1 is 1.08 bits per heavy atom. The van der Waals surface area contributed by atoms with Crippen molar-refractivity contribution in [2.75, 3.05) is 0 Å². The Morgan fingerprint density at radius 2 is 1.58 bits per heavy atom. The highest BCUT2D eigenvalue weighted by atomic mass is 16.3. The Morgan fingerprint density at radius 3 is 2.00 bits per heavy atom. The number of hydrogen-bond donors (Lipinski definition) is 1. The van der Waals surface area contributed by atoms with Crippen LogP contribution in [0.4, 0.5) is 0 Å². The molecule has 0 aliphatic heterocycles. The van der Waals surface area contributed by atoms with Gasteiger partial charge in [0, 0.05) is 0 Å². The van der Waals surface area contributed by atoms with E-state index in [-0.39, 0.29) is 0 Å². The van der Waals surface area contributed by atoms with Gasteiger partial charge in [-0.15, -0.1) is 5.92 Å². The van der Waals surface area contributed by atoms with Gasteiger partial charge in [-0.3, -0.25) is 0 Å². The summed E-state index contributed by atoms with van der Waals surface area (Å²) in [5.41, 5.74) is -0.272. The minimum Gasteiger partial charge on any atom is -0.378 e. The number of rotatable bonds is 0. The summed E-state index contributed by atoms with van der Waals surface area (Å²) in [6.07, 6.45) is 3.83. The van der Waals surface area contributed by atoms with Gasteiger partial charge in [-0.05, 0) is 38.0 Å². The topological polar surface area (TPSA) is 20.2 Å². The van der Waals surface area contributed by atoms with Gasteiger partial charge in [0.15, 0.2) is 0 Å². The summed E-state index contributed by atoms with van der Waals surface area (Å²) in [4.78, 5) is 0. The smallest absolute Gasteiger partial charge is 0.125 e. The Bertz CT molecular complexity index is 207. The molecule has 1 rings (SSSR count). The minimum atomic E-state index is -0.676. The van der Waals surface area contributed by atoms with E-state index in [0.29, 0.717) is 5.41 Å². The summed E-state index contributed by atoms with van der Waals surface area (Å²) in [5.74, 6) is 5.71. The van der Waals surface area contributed by atoms with Gasteiger partial charge in [0.25, 0.3) is 0 Å². The zero-order chi connectivity index (χ0) is 9.24. The molecule has 0 amide bonds. The van der Waals surface area contributed by atoms with Crippen molar-refractivity contribution in [2.24, 2.45) is 5.41 Å². The van der Waals surface area contributed by atoms with Crippen molar-refractivity contribution in [3.05, 3.63) is 0 Å². The summed E-state index contributed by atoms with van der Waals surface area (Å²) < 4.78 is 0. The van der Waals surface area contributed by atoms with Gasteiger partial charge >= 0.3 is 0 Å². The first-order chi connectivity index (χ1) is 5.47. The van der Waals surface area contributed by atoms with E-state index >= 15 is 0 Å². The summed E-state index contributed by atoms with van der Waals surface area (Å²) in [6, 6.07) is 0. The lowest BCUT2D eigenvalue weighted by Gasteiger charge is -2.37. The van der Waals surface area contributed by atoms with E-state index in [4.69, 9.17) is 0 Å². The van der Waals surface area contributed by atoms with Crippen molar-refractivity contribution >= 4 is 0 Å². The minimum absolute atomic E-state index is 0.404. The van der Waals surface area contributed by atoms with E-state index in [2.05, 4.69) is 25.7 Å². The van der Waals surface area contributed by atoms with Crippen LogP contribution >= 0.6 is 0 Å². The SMILES string of the molecule is CC#CC1(O)CCC(C)(C)CC1. The molecule has 0 unspecified atom stereocenters. The lowest BCUT2D eigenvalue weighted by Crippen LogP contribution is -2.35. The first kappa shape index (κ1) is 9.61. The number of hydrogen-bond acceptors (Lipinski definition) is 1. The van der Waals surface area contributed by atoms with Crippen LogP contribution in [0, 0.1) is 17.3 Å². The van der Waals surface area contributed by atoms with Crippen molar-refractivity contribution in [3.63, 3.8) is 0 Å². The standard InChI is InChI=1S/C11H18O/c1-4-5-11(12)8-6-10(2,3)7-9-11/h12H,6-9H2,1-3H3. The average Bonchev–Trinajstić information content (AvgIpc) is 1.98. The van der Waals surface area contributed by atoms with E-state index < -0.39 is 5.60 Å². The predicted octanol–water partition coefficient (Wildman–Crippen LogP) is 2.34. The number of aliphatic hydroxyl groups is 1. The molecule has 0 aromatic heterocycles. The van der Waals surface area contributed by atoms with Gasteiger partial charge < -0.3 is 5.11 Å². The summed E-state index contributed by atoms with van der Waals surface area (Å²) >= 11 is 0. The lowest BCUT2D eigenvalue weighted by atomic mass is 9.71. The molecular weight excluding hydrogens is 148 g/mol. The Hall–Kier alpha value is -0.480. The maximum Gasteiger partial charge on any atom is 0.125 e. The molecule has 0 heterocycles. The van der Waals surface area contributed by atoms with E-state index in [1.807, 2.05) is 0 Å². The average molecular weight is 166 g/mol. The van der Waals surface area contributed by atoms with Gasteiger partial charge in [-0.2, -0.15) is 0 Å². The predicted molar refractivity (Wildman–Crippen MR) is 50.6 cm³/mol. The molecule has 1 heteroatoms. The van der Waals surface area contributed by atoms with Crippen LogP contribution in [0.1, 0.15) is 46.5 Å². The molecule has 1 fully saturated rings. The van der Waals surface area contributed by atoms with Crippen molar-refractivity contribution in [2.45, 2.75) is 52.1 Å². The van der Waals surface area contributed by atoms with Crippen LogP contribution in [0.5, 0.6) is 0 Å². The van der Waals surface area contributed by atoms with Gasteiger partial charge in [0.2, 0.25) is 0 Å². The second kappa shape index (κ2) is 3.11. The zero-order valence-electron chi connectivity index (χ0n) is 8.28. The van der Waals surface area contributed by atoms with E-state index in [1.54, 1.807) is 6.92 Å². The Labute approximate surface area is 75.2 Å². The molecule has 1 aliphatic rings. The Kier molecular flexibility index (Phi) is 2.49. The quantitative estimate of drug-likeness (QED) is 0.548. The largest absolute Gasteiger partial charge is 0.378 e. The fourth-order valence-electron chi connectivity index (χ4n) is 1.70. The normalized spacial score (nSPS) is 25.7. The summed E-state index contributed by atoms with van der Waals surface area (Å²) in [5, 5.41) is 9.93. The molecule has 0 aromatic carbocycles. The summed E-state index contributed by atoms with van der Waals surface area (Å²) in [7, 11) is 0. The van der Waals surface area contributed by atoms with Crippen LogP contribution in [0.25, 0.3) is 0 Å². The van der Waals surface area contributed by atoms with E-state index in [1.165, 1.54) is 0 Å². The van der Waals surface area contributed by atoms with Crippen molar-refractivity contribution < 1.29 is 5.11 Å². The third-order valence-corrected chi connectivity index (χ3v) is 2.79. The van der Waals surface area contributed by atoms with Crippen LogP contribution in [-0.4, -0.2) is 10.7 Å². The maximum atomic E-state index is 9.93. The van der Waals surface area contributed by atoms with Crippen LogP contribution in [0.2, 0.25) is 0 Å². The molecule has 1 N–H and O–H groups in total. The molecule has 0 aromatic rings. The fourth-order valence-corrected chi connectivity index (χ4v) is 1.70. The molecule has 0 atom stereocenters. The van der Waals surface area contributed by atoms with Crippen LogP contribution in [-0.2, 0) is 0 Å². The van der Waals surface area contributed by atoms with Crippen molar-refractivity contribution in [3.8, 4) is 11.8 Å². The van der Waals surface area contributed by atoms with E-state index in [0.717, 1.165) is 25.7 Å².